The van der Waals surface area contributed by atoms with Crippen LogP contribution >= 0.6 is 0 Å². The Labute approximate surface area is 149 Å². The van der Waals surface area contributed by atoms with E-state index < -0.39 is 17.8 Å². The topological polar surface area (TPSA) is 96.6 Å². The standard InChI is InChI=1S/C18H18N4O4/c1-11-6-8-12(9-7-11)15-19-14(20-26-15)10-21-16(23)17(24)22(18(21)25)13-4-2-3-5-13/h6-9,13H,2-5,10H2,1H3. The first-order valence-electron chi connectivity index (χ1n) is 8.63. The average Bonchev–Trinajstić information content (AvgIpc) is 3.35. The summed E-state index contributed by atoms with van der Waals surface area (Å²) in [5, 5.41) is 3.83. The van der Waals surface area contributed by atoms with E-state index in [0.717, 1.165) is 46.6 Å². The molecule has 0 atom stereocenters. The zero-order valence-corrected chi connectivity index (χ0v) is 14.3. The Morgan fingerprint density at radius 2 is 1.77 bits per heavy atom. The molecule has 0 spiro atoms. The lowest BCUT2D eigenvalue weighted by Gasteiger charge is -2.20. The molecule has 0 bridgehead atoms. The number of urea groups is 1. The molecule has 1 aliphatic heterocycles. The fraction of sp³-hybridized carbons (Fsp3) is 0.389. The van der Waals surface area contributed by atoms with Crippen LogP contribution in [0.25, 0.3) is 11.5 Å². The summed E-state index contributed by atoms with van der Waals surface area (Å²) in [6, 6.07) is 6.77. The fourth-order valence-corrected chi connectivity index (χ4v) is 3.42. The molecule has 4 rings (SSSR count). The largest absolute Gasteiger partial charge is 0.334 e. The number of amides is 4. The van der Waals surface area contributed by atoms with Crippen LogP contribution in [0.15, 0.2) is 28.8 Å². The van der Waals surface area contributed by atoms with Gasteiger partial charge in [0.25, 0.3) is 5.89 Å². The van der Waals surface area contributed by atoms with Gasteiger partial charge in [0.05, 0.1) is 6.54 Å². The van der Waals surface area contributed by atoms with Gasteiger partial charge in [-0.25, -0.2) is 9.69 Å². The first-order chi connectivity index (χ1) is 12.5. The van der Waals surface area contributed by atoms with Crippen molar-refractivity contribution < 1.29 is 18.9 Å². The van der Waals surface area contributed by atoms with Gasteiger partial charge >= 0.3 is 17.8 Å². The van der Waals surface area contributed by atoms with Crippen LogP contribution < -0.4 is 0 Å². The average molecular weight is 354 g/mol. The van der Waals surface area contributed by atoms with Crippen LogP contribution in [0.1, 0.15) is 37.1 Å². The van der Waals surface area contributed by atoms with E-state index in [0.29, 0.717) is 5.89 Å². The number of carbonyl (C=O) groups is 3. The molecule has 8 nitrogen and oxygen atoms in total. The van der Waals surface area contributed by atoms with E-state index in [-0.39, 0.29) is 18.4 Å². The lowest BCUT2D eigenvalue weighted by atomic mass is 10.1. The molecular weight excluding hydrogens is 336 g/mol. The van der Waals surface area contributed by atoms with Gasteiger partial charge in [-0.05, 0) is 31.9 Å². The normalized spacial score (nSPS) is 18.4. The summed E-state index contributed by atoms with van der Waals surface area (Å²) in [6.07, 6.45) is 3.41. The second-order valence-electron chi connectivity index (χ2n) is 6.67. The second-order valence-corrected chi connectivity index (χ2v) is 6.67. The maximum absolute atomic E-state index is 12.6. The first kappa shape index (κ1) is 16.4. The summed E-state index contributed by atoms with van der Waals surface area (Å²) >= 11 is 0. The Bertz CT molecular complexity index is 868. The second kappa shape index (κ2) is 6.36. The number of carbonyl (C=O) groups excluding carboxylic acids is 3. The van der Waals surface area contributed by atoms with Crippen LogP contribution in [0.2, 0.25) is 0 Å². The molecule has 26 heavy (non-hydrogen) atoms. The Kier molecular flexibility index (Phi) is 4.02. The number of hydrogen-bond donors (Lipinski definition) is 0. The minimum atomic E-state index is -0.830. The van der Waals surface area contributed by atoms with Gasteiger partial charge in [0, 0.05) is 11.6 Å². The highest BCUT2D eigenvalue weighted by Gasteiger charge is 2.48. The minimum Gasteiger partial charge on any atom is -0.334 e. The third kappa shape index (κ3) is 2.77. The smallest absolute Gasteiger partial charge is 0.334 e. The van der Waals surface area contributed by atoms with Gasteiger partial charge in [0.1, 0.15) is 0 Å². The lowest BCUT2D eigenvalue weighted by Crippen LogP contribution is -2.39. The number of benzene rings is 1. The number of rotatable bonds is 4. The molecule has 2 aromatic rings. The molecule has 8 heteroatoms. The molecule has 1 aliphatic carbocycles. The van der Waals surface area contributed by atoms with Crippen LogP contribution in [0.4, 0.5) is 4.79 Å². The van der Waals surface area contributed by atoms with Crippen molar-refractivity contribution in [3.05, 3.63) is 35.7 Å². The van der Waals surface area contributed by atoms with E-state index in [4.69, 9.17) is 4.52 Å². The maximum Gasteiger partial charge on any atom is 0.334 e. The van der Waals surface area contributed by atoms with Gasteiger partial charge in [-0.2, -0.15) is 4.98 Å². The highest BCUT2D eigenvalue weighted by molar-refractivity contribution is 6.44. The number of nitrogens with zero attached hydrogens (tertiary/aromatic N) is 4. The van der Waals surface area contributed by atoms with E-state index in [1.54, 1.807) is 0 Å². The SMILES string of the molecule is Cc1ccc(-c2nc(CN3C(=O)C(=O)N(C4CCCC4)C3=O)no2)cc1. The molecule has 0 N–H and O–H groups in total. The summed E-state index contributed by atoms with van der Waals surface area (Å²) in [5.74, 6) is -1.10. The molecule has 2 heterocycles. The van der Waals surface area contributed by atoms with Crippen molar-refractivity contribution in [2.45, 2.75) is 45.2 Å². The van der Waals surface area contributed by atoms with Crippen LogP contribution in [0, 0.1) is 6.92 Å². The number of hydrogen-bond acceptors (Lipinski definition) is 6. The molecule has 4 amide bonds. The van der Waals surface area contributed by atoms with Gasteiger partial charge in [0.2, 0.25) is 0 Å². The molecule has 1 saturated carbocycles. The van der Waals surface area contributed by atoms with Crippen LogP contribution in [0.3, 0.4) is 0 Å². The summed E-state index contributed by atoms with van der Waals surface area (Å²) < 4.78 is 5.22. The van der Waals surface area contributed by atoms with Crippen LogP contribution in [0.5, 0.6) is 0 Å². The van der Waals surface area contributed by atoms with E-state index in [1.807, 2.05) is 31.2 Å². The van der Waals surface area contributed by atoms with Crippen LogP contribution in [-0.2, 0) is 16.1 Å². The molecule has 0 unspecified atom stereocenters. The number of aromatic nitrogens is 2. The monoisotopic (exact) mass is 354 g/mol. The van der Waals surface area contributed by atoms with Crippen molar-refractivity contribution in [1.82, 2.24) is 19.9 Å². The lowest BCUT2D eigenvalue weighted by molar-refractivity contribution is -0.144. The summed E-state index contributed by atoms with van der Waals surface area (Å²) in [6.45, 7) is 1.79. The Balaban J connectivity index is 1.52. The van der Waals surface area contributed by atoms with Gasteiger partial charge < -0.3 is 4.52 Å². The molecule has 1 saturated heterocycles. The highest BCUT2D eigenvalue weighted by Crippen LogP contribution is 2.28. The van der Waals surface area contributed by atoms with Crippen molar-refractivity contribution in [1.29, 1.82) is 0 Å². The molecule has 2 aliphatic rings. The predicted octanol–water partition coefficient (Wildman–Crippen LogP) is 2.28. The van der Waals surface area contributed by atoms with Crippen molar-refractivity contribution in [3.8, 4) is 11.5 Å². The van der Waals surface area contributed by atoms with E-state index in [1.165, 1.54) is 0 Å². The Morgan fingerprint density at radius 1 is 1.08 bits per heavy atom. The summed E-state index contributed by atoms with van der Waals surface area (Å²) in [5.41, 5.74) is 1.85. The van der Waals surface area contributed by atoms with Crippen molar-refractivity contribution >= 4 is 17.8 Å². The molecule has 1 aromatic heterocycles. The number of aryl methyl sites for hydroxylation is 1. The first-order valence-corrected chi connectivity index (χ1v) is 8.63. The van der Waals surface area contributed by atoms with E-state index in [2.05, 4.69) is 10.1 Å². The quantitative estimate of drug-likeness (QED) is 0.617. The van der Waals surface area contributed by atoms with Crippen molar-refractivity contribution in [2.75, 3.05) is 0 Å². The Hall–Kier alpha value is -3.03. The summed E-state index contributed by atoms with van der Waals surface area (Å²) in [4.78, 5) is 43.2. The highest BCUT2D eigenvalue weighted by atomic mass is 16.5. The zero-order valence-electron chi connectivity index (χ0n) is 14.3. The third-order valence-electron chi connectivity index (χ3n) is 4.84. The van der Waals surface area contributed by atoms with Crippen molar-refractivity contribution in [2.24, 2.45) is 0 Å². The third-order valence-corrected chi connectivity index (χ3v) is 4.84. The van der Waals surface area contributed by atoms with E-state index in [9.17, 15) is 14.4 Å². The molecular formula is C18H18N4O4. The predicted molar refractivity (Wildman–Crippen MR) is 89.5 cm³/mol. The molecule has 1 aromatic carbocycles. The Morgan fingerprint density at radius 3 is 2.46 bits per heavy atom. The van der Waals surface area contributed by atoms with Gasteiger partial charge in [-0.15, -0.1) is 0 Å². The van der Waals surface area contributed by atoms with Gasteiger partial charge in [0.15, 0.2) is 5.82 Å². The van der Waals surface area contributed by atoms with E-state index >= 15 is 0 Å². The molecule has 0 radical (unpaired) electrons. The maximum atomic E-state index is 12.6. The van der Waals surface area contributed by atoms with Gasteiger partial charge in [-0.1, -0.05) is 35.7 Å². The molecule has 2 fully saturated rings. The van der Waals surface area contributed by atoms with Crippen LogP contribution in [-0.4, -0.2) is 43.8 Å². The van der Waals surface area contributed by atoms with Gasteiger partial charge in [-0.3, -0.25) is 14.5 Å². The summed E-state index contributed by atoms with van der Waals surface area (Å²) in [7, 11) is 0. The number of imide groups is 2. The molecule has 134 valence electrons. The fourth-order valence-electron chi connectivity index (χ4n) is 3.42. The zero-order chi connectivity index (χ0) is 18.3. The van der Waals surface area contributed by atoms with Crippen molar-refractivity contribution in [3.63, 3.8) is 0 Å². The minimum absolute atomic E-state index is 0.179.